The van der Waals surface area contributed by atoms with Crippen molar-refractivity contribution < 1.29 is 19.7 Å². The molecule has 0 amide bonds. The van der Waals surface area contributed by atoms with E-state index < -0.39 is 5.97 Å². The van der Waals surface area contributed by atoms with Crippen LogP contribution in [0.3, 0.4) is 0 Å². The highest BCUT2D eigenvalue weighted by molar-refractivity contribution is 5.67. The quantitative estimate of drug-likeness (QED) is 0.794. The van der Waals surface area contributed by atoms with Crippen LogP contribution in [0, 0.1) is 6.92 Å². The Balaban J connectivity index is 2.90. The summed E-state index contributed by atoms with van der Waals surface area (Å²) in [5.74, 6) is -0.389. The van der Waals surface area contributed by atoms with Gasteiger partial charge in [-0.2, -0.15) is 0 Å². The maximum Gasteiger partial charge on any atom is 0.303 e. The Labute approximate surface area is 88.1 Å². The molecule has 4 heteroatoms. The summed E-state index contributed by atoms with van der Waals surface area (Å²) in [5.41, 5.74) is 1.75. The van der Waals surface area contributed by atoms with E-state index >= 15 is 0 Å². The Morgan fingerprint density at radius 1 is 1.47 bits per heavy atom. The van der Waals surface area contributed by atoms with E-state index in [1.807, 2.05) is 6.92 Å². The molecule has 0 atom stereocenters. The number of phenolic OH excluding ortho intramolecular Hbond substituents is 1. The number of carboxylic acid groups (broad SMARTS) is 1. The van der Waals surface area contributed by atoms with Gasteiger partial charge in [-0.15, -0.1) is 0 Å². The number of ether oxygens (including phenoxy) is 1. The number of phenols is 1. The van der Waals surface area contributed by atoms with Gasteiger partial charge in [0, 0.05) is 6.42 Å². The number of aryl methyl sites for hydroxylation is 2. The average molecular weight is 210 g/mol. The highest BCUT2D eigenvalue weighted by Gasteiger charge is 2.08. The molecule has 0 aliphatic carbocycles. The van der Waals surface area contributed by atoms with E-state index in [0.717, 1.165) is 11.1 Å². The number of hydrogen-bond donors (Lipinski definition) is 2. The Kier molecular flexibility index (Phi) is 3.55. The van der Waals surface area contributed by atoms with Crippen LogP contribution in [0.4, 0.5) is 0 Å². The summed E-state index contributed by atoms with van der Waals surface area (Å²) >= 11 is 0. The monoisotopic (exact) mass is 210 g/mol. The molecule has 4 nitrogen and oxygen atoms in total. The lowest BCUT2D eigenvalue weighted by Gasteiger charge is -2.09. The van der Waals surface area contributed by atoms with Crippen molar-refractivity contribution in [1.29, 1.82) is 0 Å². The van der Waals surface area contributed by atoms with Gasteiger partial charge in [-0.1, -0.05) is 0 Å². The number of aromatic hydroxyl groups is 1. The molecular formula is C11H14O4. The van der Waals surface area contributed by atoms with Crippen LogP contribution >= 0.6 is 0 Å². The molecule has 0 aromatic heterocycles. The summed E-state index contributed by atoms with van der Waals surface area (Å²) in [4.78, 5) is 10.4. The first kappa shape index (κ1) is 11.4. The van der Waals surface area contributed by atoms with Crippen molar-refractivity contribution in [2.24, 2.45) is 0 Å². The SMILES string of the molecule is COc1cc(C)c(CCC(=O)O)cc1O. The van der Waals surface area contributed by atoms with Crippen LogP contribution in [-0.2, 0) is 11.2 Å². The molecule has 0 saturated heterocycles. The number of carboxylic acids is 1. The maximum atomic E-state index is 10.4. The number of aliphatic carboxylic acids is 1. The van der Waals surface area contributed by atoms with Gasteiger partial charge >= 0.3 is 5.97 Å². The van der Waals surface area contributed by atoms with Gasteiger partial charge in [0.25, 0.3) is 0 Å². The van der Waals surface area contributed by atoms with Gasteiger partial charge in [-0.3, -0.25) is 4.79 Å². The normalized spacial score (nSPS) is 10.0. The van der Waals surface area contributed by atoms with Crippen LogP contribution in [0.1, 0.15) is 17.5 Å². The van der Waals surface area contributed by atoms with Crippen molar-refractivity contribution in [2.45, 2.75) is 19.8 Å². The first-order chi connectivity index (χ1) is 7.04. The molecule has 0 aliphatic heterocycles. The average Bonchev–Trinajstić information content (AvgIpc) is 2.18. The van der Waals surface area contributed by atoms with Crippen LogP contribution in [0.2, 0.25) is 0 Å². The summed E-state index contributed by atoms with van der Waals surface area (Å²) in [6, 6.07) is 3.25. The summed E-state index contributed by atoms with van der Waals surface area (Å²) in [5, 5.41) is 18.1. The van der Waals surface area contributed by atoms with Crippen molar-refractivity contribution in [3.8, 4) is 11.5 Å². The molecule has 2 N–H and O–H groups in total. The molecule has 0 saturated carbocycles. The third-order valence-electron chi connectivity index (χ3n) is 2.25. The minimum Gasteiger partial charge on any atom is -0.504 e. The lowest BCUT2D eigenvalue weighted by atomic mass is 10.0. The minimum absolute atomic E-state index is 0.0449. The fraction of sp³-hybridized carbons (Fsp3) is 0.364. The molecule has 0 aliphatic rings. The van der Waals surface area contributed by atoms with E-state index in [0.29, 0.717) is 12.2 Å². The zero-order chi connectivity index (χ0) is 11.4. The van der Waals surface area contributed by atoms with Crippen LogP contribution in [0.5, 0.6) is 11.5 Å². The number of carbonyl (C=O) groups is 1. The van der Waals surface area contributed by atoms with Crippen molar-refractivity contribution in [2.75, 3.05) is 7.11 Å². The molecule has 15 heavy (non-hydrogen) atoms. The van der Waals surface area contributed by atoms with Gasteiger partial charge < -0.3 is 14.9 Å². The van der Waals surface area contributed by atoms with Crippen LogP contribution < -0.4 is 4.74 Å². The molecule has 0 radical (unpaired) electrons. The Hall–Kier alpha value is -1.71. The Morgan fingerprint density at radius 3 is 2.67 bits per heavy atom. The first-order valence-electron chi connectivity index (χ1n) is 4.63. The Bertz CT molecular complexity index is 371. The van der Waals surface area contributed by atoms with Crippen LogP contribution in [0.25, 0.3) is 0 Å². The molecule has 0 heterocycles. The van der Waals surface area contributed by atoms with Crippen molar-refractivity contribution in [1.82, 2.24) is 0 Å². The highest BCUT2D eigenvalue weighted by atomic mass is 16.5. The first-order valence-corrected chi connectivity index (χ1v) is 4.63. The van der Waals surface area contributed by atoms with Gasteiger partial charge in [0.1, 0.15) is 0 Å². The van der Waals surface area contributed by atoms with Gasteiger partial charge in [-0.25, -0.2) is 0 Å². The molecule has 0 fully saturated rings. The van der Waals surface area contributed by atoms with Crippen LogP contribution in [-0.4, -0.2) is 23.3 Å². The summed E-state index contributed by atoms with van der Waals surface area (Å²) < 4.78 is 4.94. The largest absolute Gasteiger partial charge is 0.504 e. The van der Waals surface area contributed by atoms with E-state index in [4.69, 9.17) is 9.84 Å². The van der Waals surface area contributed by atoms with E-state index in [1.165, 1.54) is 7.11 Å². The van der Waals surface area contributed by atoms with Crippen molar-refractivity contribution in [3.63, 3.8) is 0 Å². The molecule has 82 valence electrons. The maximum absolute atomic E-state index is 10.4. The van der Waals surface area contributed by atoms with Gasteiger partial charge in [0.05, 0.1) is 7.11 Å². The third-order valence-corrected chi connectivity index (χ3v) is 2.25. The predicted molar refractivity (Wildman–Crippen MR) is 55.4 cm³/mol. The van der Waals surface area contributed by atoms with Crippen molar-refractivity contribution >= 4 is 5.97 Å². The number of hydrogen-bond acceptors (Lipinski definition) is 3. The van der Waals surface area contributed by atoms with Crippen LogP contribution in [0.15, 0.2) is 12.1 Å². The second-order valence-corrected chi connectivity index (χ2v) is 3.34. The zero-order valence-corrected chi connectivity index (χ0v) is 8.78. The van der Waals surface area contributed by atoms with E-state index in [-0.39, 0.29) is 12.2 Å². The standard InChI is InChI=1S/C11H14O4/c1-7-5-10(15-2)9(12)6-8(7)3-4-11(13)14/h5-6,12H,3-4H2,1-2H3,(H,13,14). The number of methoxy groups -OCH3 is 1. The Morgan fingerprint density at radius 2 is 2.13 bits per heavy atom. The zero-order valence-electron chi connectivity index (χ0n) is 8.78. The minimum atomic E-state index is -0.843. The molecule has 1 aromatic rings. The number of rotatable bonds is 4. The lowest BCUT2D eigenvalue weighted by Crippen LogP contribution is -1.99. The van der Waals surface area contributed by atoms with Gasteiger partial charge in [0.15, 0.2) is 11.5 Å². The smallest absolute Gasteiger partial charge is 0.303 e. The topological polar surface area (TPSA) is 66.8 Å². The van der Waals surface area contributed by atoms with Gasteiger partial charge in [0.2, 0.25) is 0 Å². The van der Waals surface area contributed by atoms with E-state index in [1.54, 1.807) is 12.1 Å². The van der Waals surface area contributed by atoms with Crippen molar-refractivity contribution in [3.05, 3.63) is 23.3 Å². The number of benzene rings is 1. The van der Waals surface area contributed by atoms with E-state index in [9.17, 15) is 9.90 Å². The lowest BCUT2D eigenvalue weighted by molar-refractivity contribution is -0.136. The molecular weight excluding hydrogens is 196 g/mol. The molecule has 1 rings (SSSR count). The highest BCUT2D eigenvalue weighted by Crippen LogP contribution is 2.29. The summed E-state index contributed by atoms with van der Waals surface area (Å²) in [6.07, 6.45) is 0.478. The summed E-state index contributed by atoms with van der Waals surface area (Å²) in [7, 11) is 1.48. The molecule has 0 unspecified atom stereocenters. The fourth-order valence-electron chi connectivity index (χ4n) is 1.39. The predicted octanol–water partition coefficient (Wildman–Crippen LogP) is 1.73. The molecule has 0 bridgehead atoms. The van der Waals surface area contributed by atoms with Gasteiger partial charge in [-0.05, 0) is 36.6 Å². The third kappa shape index (κ3) is 2.87. The van der Waals surface area contributed by atoms with E-state index in [2.05, 4.69) is 0 Å². The summed E-state index contributed by atoms with van der Waals surface area (Å²) in [6.45, 7) is 1.86. The molecule has 0 spiro atoms. The molecule has 1 aromatic carbocycles. The second-order valence-electron chi connectivity index (χ2n) is 3.34. The fourth-order valence-corrected chi connectivity index (χ4v) is 1.39. The second kappa shape index (κ2) is 4.68.